The summed E-state index contributed by atoms with van der Waals surface area (Å²) in [6.07, 6.45) is 2.55. The van der Waals surface area contributed by atoms with Crippen LogP contribution < -0.4 is 0 Å². The maximum Gasteiger partial charge on any atom is 0.202 e. The van der Waals surface area contributed by atoms with E-state index in [0.29, 0.717) is 105 Å². The Labute approximate surface area is 813 Å². The van der Waals surface area contributed by atoms with Crippen molar-refractivity contribution >= 4 is 0 Å². The third kappa shape index (κ3) is 17.5. The zero-order valence-electron chi connectivity index (χ0n) is 75.9. The lowest BCUT2D eigenvalue weighted by molar-refractivity contribution is 1.00. The van der Waals surface area contributed by atoms with Crippen molar-refractivity contribution in [3.63, 3.8) is 0 Å². The fraction of sp³-hybridized carbons (Fsp3) is 0.0244. The van der Waals surface area contributed by atoms with Crippen LogP contribution in [-0.4, -0.2) is 89.7 Å². The Bertz CT molecular complexity index is 8480. The van der Waals surface area contributed by atoms with Crippen molar-refractivity contribution in [1.82, 2.24) is 89.7 Å². The molecule has 6 heterocycles. The van der Waals surface area contributed by atoms with E-state index in [-0.39, 0.29) is 0 Å². The Hall–Kier alpha value is -19.2. The SMILES string of the molecule is c1ccc(-c2ccc(-c3nc(-c4ccccc4)nc(-c4nc(-c5ccccc5)nc(-c5cccc6c5Cc5ccccc5-6)n4)n3)cc2)cc1.c1ccc(-c2nc(-c3ccccc3)nc(-c3nc(-c4ccccc4)nc(-c4cccc(-c5cccc6c5Cc5ccccc5-6)c4)n3)n2)cc1.c1ccc(-c2nc(-c3ccccc3)nc(-c3nc(-c4ccccc4)nc(-c4cccc5c4Cc4ccccc4-5)n3)n2)cc1. The molecule has 3 aliphatic rings. The monoisotopic (exact) mass is 1810 g/mol. The molecular formula is C123H80N18. The molecule has 0 saturated heterocycles. The van der Waals surface area contributed by atoms with E-state index in [0.717, 1.165) is 103 Å². The summed E-state index contributed by atoms with van der Waals surface area (Å²) < 4.78 is 0. The summed E-state index contributed by atoms with van der Waals surface area (Å²) in [5.74, 6) is 9.02. The van der Waals surface area contributed by atoms with E-state index in [1.54, 1.807) is 0 Å². The predicted molar refractivity (Wildman–Crippen MR) is 557 cm³/mol. The molecule has 141 heavy (non-hydrogen) atoms. The average molecular weight is 1810 g/mol. The smallest absolute Gasteiger partial charge is 0.202 e. The van der Waals surface area contributed by atoms with E-state index in [2.05, 4.69) is 182 Å². The minimum absolute atomic E-state index is 0.377. The lowest BCUT2D eigenvalue weighted by Gasteiger charge is -2.12. The second-order valence-electron chi connectivity index (χ2n) is 34.3. The van der Waals surface area contributed by atoms with Gasteiger partial charge in [-0.3, -0.25) is 0 Å². The van der Waals surface area contributed by atoms with E-state index in [1.165, 1.54) is 72.3 Å². The molecule has 23 aromatic rings. The molecule has 0 spiro atoms. The Morgan fingerprint density at radius 3 is 0.546 bits per heavy atom. The Morgan fingerprint density at radius 1 is 0.0993 bits per heavy atom. The fourth-order valence-electron chi connectivity index (χ4n) is 18.5. The predicted octanol–water partition coefficient (Wildman–Crippen LogP) is 27.2. The van der Waals surface area contributed by atoms with Crippen LogP contribution in [0.3, 0.4) is 0 Å². The number of rotatable bonds is 17. The number of aromatic nitrogens is 18. The first kappa shape index (κ1) is 84.8. The first-order chi connectivity index (χ1) is 69.8. The van der Waals surface area contributed by atoms with Gasteiger partial charge in [-0.15, -0.1) is 0 Å². The molecule has 26 rings (SSSR count). The van der Waals surface area contributed by atoms with Gasteiger partial charge in [-0.2, -0.15) is 0 Å². The van der Waals surface area contributed by atoms with Gasteiger partial charge in [0.1, 0.15) is 0 Å². The minimum Gasteiger partial charge on any atom is -0.208 e. The molecule has 0 saturated carbocycles. The lowest BCUT2D eigenvalue weighted by Crippen LogP contribution is -2.06. The van der Waals surface area contributed by atoms with E-state index in [9.17, 15) is 0 Å². The summed E-state index contributed by atoms with van der Waals surface area (Å²) in [6, 6.07) is 152. The van der Waals surface area contributed by atoms with Gasteiger partial charge in [0.15, 0.2) is 69.9 Å². The molecule has 0 radical (unpaired) electrons. The van der Waals surface area contributed by atoms with Crippen LogP contribution in [0.15, 0.2) is 449 Å². The van der Waals surface area contributed by atoms with Gasteiger partial charge in [0.2, 0.25) is 34.9 Å². The molecule has 6 aromatic heterocycles. The topological polar surface area (TPSA) is 232 Å². The molecule has 17 aromatic carbocycles. The van der Waals surface area contributed by atoms with E-state index < -0.39 is 0 Å². The summed E-state index contributed by atoms with van der Waals surface area (Å²) in [7, 11) is 0. The van der Waals surface area contributed by atoms with E-state index in [1.807, 2.05) is 267 Å². The van der Waals surface area contributed by atoms with Crippen molar-refractivity contribution in [3.05, 3.63) is 482 Å². The summed E-state index contributed by atoms with van der Waals surface area (Å²) in [4.78, 5) is 89.3. The van der Waals surface area contributed by atoms with E-state index in [4.69, 9.17) is 89.7 Å². The standard InChI is InChI=1S/2C43H28N6.C37H24N6/c1-4-14-28(15-5-1)38-44-39(29-16-6-2-7-17-29)47-42(46-38)43-48-40(30-18-8-3-9-19-30)45-41(49-43)33-22-12-21-31(26-33)35-24-13-25-36-34-23-11-10-20-32(34)27-37(35)36;1-4-13-28(14-5-1)29-23-25-32(26-24-29)40-44-38(30-15-6-2-7-16-30)46-42(48-40)43-47-39(31-17-8-3-9-18-31)45-41(49-43)36-22-12-21-35-34-20-11-10-19-33(34)27-37(35)36;1-4-13-24(14-5-1)32-38-33(25-15-6-2-7-16-25)41-36(40-32)37-42-34(26-17-8-3-9-18-26)39-35(43-37)30-22-12-21-29-28-20-11-10-19-27(28)23-31(29)30/h2*1-26H,27H2;1-22H,23H2. The highest BCUT2D eigenvalue weighted by atomic mass is 15.1. The van der Waals surface area contributed by atoms with Crippen LogP contribution in [0.1, 0.15) is 33.4 Å². The van der Waals surface area contributed by atoms with Gasteiger partial charge < -0.3 is 0 Å². The van der Waals surface area contributed by atoms with Gasteiger partial charge in [-0.05, 0) is 114 Å². The number of nitrogens with zero attached hydrogens (tertiary/aromatic N) is 18. The van der Waals surface area contributed by atoms with Crippen molar-refractivity contribution in [2.24, 2.45) is 0 Å². The van der Waals surface area contributed by atoms with Gasteiger partial charge in [0.25, 0.3) is 0 Å². The van der Waals surface area contributed by atoms with Crippen LogP contribution in [0.5, 0.6) is 0 Å². The normalized spacial score (nSPS) is 11.6. The Balaban J connectivity index is 0.000000115. The third-order valence-electron chi connectivity index (χ3n) is 25.4. The summed E-state index contributed by atoms with van der Waals surface area (Å²) in [5, 5.41) is 0. The number of hydrogen-bond donors (Lipinski definition) is 0. The molecular weight excluding hydrogens is 1730 g/mol. The molecule has 0 unspecified atom stereocenters. The minimum atomic E-state index is 0.377. The van der Waals surface area contributed by atoms with Crippen LogP contribution >= 0.6 is 0 Å². The summed E-state index contributed by atoms with van der Waals surface area (Å²) >= 11 is 0. The van der Waals surface area contributed by atoms with Gasteiger partial charge in [0.05, 0.1) is 0 Å². The third-order valence-corrected chi connectivity index (χ3v) is 25.4. The number of benzene rings is 17. The molecule has 0 bridgehead atoms. The molecule has 662 valence electrons. The second-order valence-corrected chi connectivity index (χ2v) is 34.3. The highest BCUT2D eigenvalue weighted by Gasteiger charge is 2.30. The van der Waals surface area contributed by atoms with Crippen molar-refractivity contribution in [1.29, 1.82) is 0 Å². The quantitative estimate of drug-likeness (QED) is 0.0824. The number of hydrogen-bond acceptors (Lipinski definition) is 18. The fourth-order valence-corrected chi connectivity index (χ4v) is 18.5. The maximum absolute atomic E-state index is 5.09. The molecule has 18 nitrogen and oxygen atoms in total. The molecule has 0 fully saturated rings. The van der Waals surface area contributed by atoms with Crippen LogP contribution in [0.2, 0.25) is 0 Å². The van der Waals surface area contributed by atoms with Crippen molar-refractivity contribution in [3.8, 4) is 227 Å². The van der Waals surface area contributed by atoms with Crippen LogP contribution in [0, 0.1) is 0 Å². The van der Waals surface area contributed by atoms with Gasteiger partial charge in [-0.1, -0.05) is 443 Å². The maximum atomic E-state index is 5.09. The zero-order chi connectivity index (χ0) is 93.7. The van der Waals surface area contributed by atoms with Gasteiger partial charge >= 0.3 is 0 Å². The Kier molecular flexibility index (Phi) is 22.8. The largest absolute Gasteiger partial charge is 0.208 e. The van der Waals surface area contributed by atoms with Crippen molar-refractivity contribution < 1.29 is 0 Å². The highest BCUT2D eigenvalue weighted by Crippen LogP contribution is 2.46. The molecule has 18 heteroatoms. The second kappa shape index (κ2) is 37.9. The van der Waals surface area contributed by atoms with Crippen molar-refractivity contribution in [2.75, 3.05) is 0 Å². The van der Waals surface area contributed by atoms with Gasteiger partial charge in [-0.25, -0.2) is 89.7 Å². The first-order valence-electron chi connectivity index (χ1n) is 46.7. The van der Waals surface area contributed by atoms with Gasteiger partial charge in [0, 0.05) is 66.8 Å². The number of fused-ring (bicyclic) bond motifs is 9. The lowest BCUT2D eigenvalue weighted by atomic mass is 9.94. The molecule has 3 aliphatic carbocycles. The zero-order valence-corrected chi connectivity index (χ0v) is 75.9. The highest BCUT2D eigenvalue weighted by molar-refractivity contribution is 5.89. The molecule has 0 amide bonds. The molecule has 0 N–H and O–H groups in total. The average Bonchev–Trinajstić information content (AvgIpc) is 1.68. The Morgan fingerprint density at radius 2 is 0.262 bits per heavy atom. The molecule has 0 atom stereocenters. The van der Waals surface area contributed by atoms with Crippen LogP contribution in [0.25, 0.3) is 227 Å². The first-order valence-corrected chi connectivity index (χ1v) is 46.7. The summed E-state index contributed by atoms with van der Waals surface area (Å²) in [5.41, 5.74) is 30.7. The molecule has 0 aliphatic heterocycles. The van der Waals surface area contributed by atoms with Crippen LogP contribution in [0.4, 0.5) is 0 Å². The van der Waals surface area contributed by atoms with Crippen LogP contribution in [-0.2, 0) is 19.3 Å². The summed E-state index contributed by atoms with van der Waals surface area (Å²) in [6.45, 7) is 0. The van der Waals surface area contributed by atoms with Crippen molar-refractivity contribution in [2.45, 2.75) is 19.3 Å². The van der Waals surface area contributed by atoms with E-state index >= 15 is 0 Å².